The fourth-order valence-electron chi connectivity index (χ4n) is 3.49. The van der Waals surface area contributed by atoms with E-state index in [2.05, 4.69) is 25.4 Å². The largest absolute Gasteiger partial charge is 0.494 e. The molecule has 2 N–H and O–H groups in total. The Morgan fingerprint density at radius 2 is 2.03 bits per heavy atom. The Balaban J connectivity index is 1.36. The van der Waals surface area contributed by atoms with Crippen molar-refractivity contribution < 1.29 is 13.9 Å². The summed E-state index contributed by atoms with van der Waals surface area (Å²) in [4.78, 5) is 20.7. The molecule has 1 amide bonds. The van der Waals surface area contributed by atoms with Gasteiger partial charge in [-0.2, -0.15) is 0 Å². The second-order valence-corrected chi connectivity index (χ2v) is 7.65. The van der Waals surface area contributed by atoms with Crippen LogP contribution < -0.4 is 15.4 Å². The van der Waals surface area contributed by atoms with E-state index in [1.165, 1.54) is 7.11 Å². The van der Waals surface area contributed by atoms with Crippen LogP contribution in [-0.2, 0) is 11.3 Å². The molecule has 7 nitrogen and oxygen atoms in total. The minimum Gasteiger partial charge on any atom is -0.494 e. The van der Waals surface area contributed by atoms with Crippen molar-refractivity contribution in [1.29, 1.82) is 0 Å². The maximum Gasteiger partial charge on any atom is 0.220 e. The van der Waals surface area contributed by atoms with E-state index in [-0.39, 0.29) is 17.5 Å². The predicted molar refractivity (Wildman–Crippen MR) is 112 cm³/mol. The van der Waals surface area contributed by atoms with Crippen molar-refractivity contribution in [3.63, 3.8) is 0 Å². The van der Waals surface area contributed by atoms with E-state index < -0.39 is 0 Å². The number of carbonyl (C=O) groups excluding carboxylic acids is 1. The highest BCUT2D eigenvalue weighted by Gasteiger charge is 2.23. The molecule has 1 heterocycles. The molecule has 1 aliphatic heterocycles. The summed E-state index contributed by atoms with van der Waals surface area (Å²) in [6, 6.07) is 5.56. The lowest BCUT2D eigenvalue weighted by Gasteiger charge is -2.36. The Bertz CT molecular complexity index is 715. The first-order valence-corrected chi connectivity index (χ1v) is 10.4. The molecule has 2 fully saturated rings. The lowest BCUT2D eigenvalue weighted by molar-refractivity contribution is -0.121. The molecule has 0 unspecified atom stereocenters. The van der Waals surface area contributed by atoms with Crippen LogP contribution in [0.5, 0.6) is 5.75 Å². The molecule has 160 valence electrons. The van der Waals surface area contributed by atoms with Gasteiger partial charge in [0.1, 0.15) is 0 Å². The van der Waals surface area contributed by atoms with Crippen LogP contribution in [0, 0.1) is 5.82 Å². The number of piperazine rings is 1. The molecule has 2 aliphatic rings. The summed E-state index contributed by atoms with van der Waals surface area (Å²) in [5, 5.41) is 6.37. The number of carbonyl (C=O) groups is 1. The lowest BCUT2D eigenvalue weighted by atomic mass is 10.2. The van der Waals surface area contributed by atoms with Gasteiger partial charge >= 0.3 is 0 Å². The van der Waals surface area contributed by atoms with E-state index in [1.807, 2.05) is 6.07 Å². The van der Waals surface area contributed by atoms with E-state index >= 15 is 0 Å². The van der Waals surface area contributed by atoms with Crippen LogP contribution in [0.25, 0.3) is 0 Å². The molecule has 1 aromatic rings. The first kappa shape index (κ1) is 21.4. The Hall–Kier alpha value is -2.35. The van der Waals surface area contributed by atoms with Gasteiger partial charge in [0.2, 0.25) is 5.91 Å². The molecular weight excluding hydrogens is 373 g/mol. The summed E-state index contributed by atoms with van der Waals surface area (Å²) < 4.78 is 18.9. The molecule has 3 rings (SSSR count). The maximum absolute atomic E-state index is 13.9. The first-order valence-electron chi connectivity index (χ1n) is 10.4. The van der Waals surface area contributed by atoms with Gasteiger partial charge in [-0.05, 0) is 37.0 Å². The number of ether oxygens (including phenoxy) is 1. The third kappa shape index (κ3) is 6.59. The van der Waals surface area contributed by atoms with Gasteiger partial charge in [-0.1, -0.05) is 6.07 Å². The van der Waals surface area contributed by atoms with Gasteiger partial charge < -0.3 is 20.3 Å². The van der Waals surface area contributed by atoms with Crippen LogP contribution in [-0.4, -0.2) is 74.6 Å². The van der Waals surface area contributed by atoms with Gasteiger partial charge in [0.15, 0.2) is 17.5 Å². The SMILES string of the molecule is CN=C(NCCCC(=O)NC1CC1)N1CCN(Cc2ccc(OC)c(F)c2)CC1. The monoisotopic (exact) mass is 405 g/mol. The Labute approximate surface area is 172 Å². The van der Waals surface area contributed by atoms with Crippen molar-refractivity contribution in [3.8, 4) is 5.75 Å². The lowest BCUT2D eigenvalue weighted by Crippen LogP contribution is -2.52. The maximum atomic E-state index is 13.9. The van der Waals surface area contributed by atoms with Crippen LogP contribution in [0.4, 0.5) is 4.39 Å². The van der Waals surface area contributed by atoms with E-state index in [1.54, 1.807) is 19.2 Å². The van der Waals surface area contributed by atoms with Crippen molar-refractivity contribution in [3.05, 3.63) is 29.6 Å². The van der Waals surface area contributed by atoms with E-state index in [4.69, 9.17) is 4.74 Å². The smallest absolute Gasteiger partial charge is 0.220 e. The number of rotatable bonds is 8. The van der Waals surface area contributed by atoms with Gasteiger partial charge in [0, 0.05) is 58.8 Å². The summed E-state index contributed by atoms with van der Waals surface area (Å²) in [6.45, 7) is 4.95. The molecule has 1 saturated carbocycles. The zero-order chi connectivity index (χ0) is 20.6. The molecule has 0 radical (unpaired) electrons. The Morgan fingerprint density at radius 3 is 2.66 bits per heavy atom. The minimum atomic E-state index is -0.320. The van der Waals surface area contributed by atoms with Crippen molar-refractivity contribution in [2.24, 2.45) is 4.99 Å². The van der Waals surface area contributed by atoms with Gasteiger partial charge in [-0.15, -0.1) is 0 Å². The summed E-state index contributed by atoms with van der Waals surface area (Å²) in [7, 11) is 3.26. The molecule has 0 spiro atoms. The first-order chi connectivity index (χ1) is 14.1. The highest BCUT2D eigenvalue weighted by molar-refractivity contribution is 5.80. The van der Waals surface area contributed by atoms with Crippen molar-refractivity contribution in [2.75, 3.05) is 46.9 Å². The van der Waals surface area contributed by atoms with Crippen molar-refractivity contribution in [2.45, 2.75) is 38.3 Å². The molecule has 0 bridgehead atoms. The number of nitrogens with one attached hydrogen (secondary N) is 2. The quantitative estimate of drug-likeness (QED) is 0.391. The summed E-state index contributed by atoms with van der Waals surface area (Å²) >= 11 is 0. The molecule has 1 saturated heterocycles. The number of halogens is 1. The average molecular weight is 406 g/mol. The molecule has 0 aromatic heterocycles. The normalized spacial score (nSPS) is 17.9. The highest BCUT2D eigenvalue weighted by atomic mass is 19.1. The van der Waals surface area contributed by atoms with E-state index in [0.29, 0.717) is 12.5 Å². The number of aliphatic imine (C=N–C) groups is 1. The van der Waals surface area contributed by atoms with Gasteiger partial charge in [0.05, 0.1) is 7.11 Å². The van der Waals surface area contributed by atoms with Crippen molar-refractivity contribution >= 4 is 11.9 Å². The molecular formula is C21H32FN5O2. The number of amides is 1. The van der Waals surface area contributed by atoms with Gasteiger partial charge in [-0.3, -0.25) is 14.7 Å². The Kier molecular flexibility index (Phi) is 7.69. The topological polar surface area (TPSA) is 69.2 Å². The highest BCUT2D eigenvalue weighted by Crippen LogP contribution is 2.19. The predicted octanol–water partition coefficient (Wildman–Crippen LogP) is 1.59. The fraction of sp³-hybridized carbons (Fsp3) is 0.619. The number of hydrogen-bond donors (Lipinski definition) is 2. The Morgan fingerprint density at radius 1 is 1.28 bits per heavy atom. The molecule has 1 aliphatic carbocycles. The van der Waals surface area contributed by atoms with Crippen LogP contribution in [0.2, 0.25) is 0 Å². The number of methoxy groups -OCH3 is 1. The number of hydrogen-bond acceptors (Lipinski definition) is 4. The minimum absolute atomic E-state index is 0.146. The third-order valence-corrected chi connectivity index (χ3v) is 5.31. The van der Waals surface area contributed by atoms with Gasteiger partial charge in [0.25, 0.3) is 0 Å². The number of nitrogens with zero attached hydrogens (tertiary/aromatic N) is 3. The number of benzene rings is 1. The van der Waals surface area contributed by atoms with Crippen LogP contribution in [0.15, 0.2) is 23.2 Å². The standard InChI is InChI=1S/C21H32FN5O2/c1-23-21(24-9-3-4-20(28)25-17-6-7-17)27-12-10-26(11-13-27)15-16-5-8-19(29-2)18(22)14-16/h5,8,14,17H,3-4,6-7,9-13,15H2,1-2H3,(H,23,24)(H,25,28). The third-order valence-electron chi connectivity index (χ3n) is 5.31. The summed E-state index contributed by atoms with van der Waals surface area (Å²) in [5.41, 5.74) is 0.948. The van der Waals surface area contributed by atoms with Crippen LogP contribution in [0.1, 0.15) is 31.2 Å². The average Bonchev–Trinajstić information content (AvgIpc) is 3.53. The molecule has 8 heteroatoms. The summed E-state index contributed by atoms with van der Waals surface area (Å²) in [6.07, 6.45) is 3.58. The second-order valence-electron chi connectivity index (χ2n) is 7.65. The molecule has 1 aromatic carbocycles. The molecule has 0 atom stereocenters. The fourth-order valence-corrected chi connectivity index (χ4v) is 3.49. The second kappa shape index (κ2) is 10.4. The zero-order valence-corrected chi connectivity index (χ0v) is 17.4. The number of guanidine groups is 1. The molecule has 29 heavy (non-hydrogen) atoms. The van der Waals surface area contributed by atoms with Crippen LogP contribution in [0.3, 0.4) is 0 Å². The van der Waals surface area contributed by atoms with Crippen LogP contribution >= 0.6 is 0 Å². The van der Waals surface area contributed by atoms with Gasteiger partial charge in [-0.25, -0.2) is 4.39 Å². The van der Waals surface area contributed by atoms with E-state index in [0.717, 1.165) is 70.1 Å². The summed E-state index contributed by atoms with van der Waals surface area (Å²) in [5.74, 6) is 0.980. The van der Waals surface area contributed by atoms with E-state index in [9.17, 15) is 9.18 Å². The zero-order valence-electron chi connectivity index (χ0n) is 17.4. The van der Waals surface area contributed by atoms with Crippen molar-refractivity contribution in [1.82, 2.24) is 20.4 Å².